The molecule has 1 aromatic heterocycles. The van der Waals surface area contributed by atoms with Crippen LogP contribution in [0.4, 0.5) is 0 Å². The van der Waals surface area contributed by atoms with Gasteiger partial charge in [0.1, 0.15) is 5.82 Å². The van der Waals surface area contributed by atoms with Crippen LogP contribution >= 0.6 is 0 Å². The van der Waals surface area contributed by atoms with E-state index in [0.717, 1.165) is 16.8 Å². The molecule has 0 radical (unpaired) electrons. The molecule has 0 spiro atoms. The SMILES string of the molecule is CCC(c1nc2ccccc2c(=O)n1-c1ccc(C)cc1)N(Cc1ccccc1)C(=O)C(C)C. The normalized spacial score (nSPS) is 12.1. The summed E-state index contributed by atoms with van der Waals surface area (Å²) in [5, 5.41) is 0.562. The van der Waals surface area contributed by atoms with Crippen molar-refractivity contribution in [2.24, 2.45) is 5.92 Å². The summed E-state index contributed by atoms with van der Waals surface area (Å²) in [6.45, 7) is 8.33. The number of fused-ring (bicyclic) bond motifs is 1. The summed E-state index contributed by atoms with van der Waals surface area (Å²) >= 11 is 0. The molecule has 1 amide bonds. The summed E-state index contributed by atoms with van der Waals surface area (Å²) in [7, 11) is 0. The second-order valence-corrected chi connectivity index (χ2v) is 8.99. The Balaban J connectivity index is 1.95. The monoisotopic (exact) mass is 453 g/mol. The van der Waals surface area contributed by atoms with E-state index in [1.54, 1.807) is 10.6 Å². The van der Waals surface area contributed by atoms with Crippen LogP contribution < -0.4 is 5.56 Å². The summed E-state index contributed by atoms with van der Waals surface area (Å²) < 4.78 is 1.68. The molecule has 1 heterocycles. The second-order valence-electron chi connectivity index (χ2n) is 8.99. The molecule has 0 aliphatic heterocycles. The number of nitrogens with zero attached hydrogens (tertiary/aromatic N) is 3. The van der Waals surface area contributed by atoms with Crippen molar-refractivity contribution in [3.8, 4) is 5.69 Å². The lowest BCUT2D eigenvalue weighted by molar-refractivity contribution is -0.138. The molecule has 34 heavy (non-hydrogen) atoms. The highest BCUT2D eigenvalue weighted by atomic mass is 16.2. The first-order valence-corrected chi connectivity index (χ1v) is 11.8. The predicted octanol–water partition coefficient (Wildman–Crippen LogP) is 5.83. The lowest BCUT2D eigenvalue weighted by Crippen LogP contribution is -2.40. The molecule has 5 nitrogen and oxygen atoms in total. The van der Waals surface area contributed by atoms with Crippen molar-refractivity contribution in [2.75, 3.05) is 0 Å². The number of carbonyl (C=O) groups excluding carboxylic acids is 1. The van der Waals surface area contributed by atoms with E-state index in [4.69, 9.17) is 4.98 Å². The molecule has 5 heteroatoms. The summed E-state index contributed by atoms with van der Waals surface area (Å²) in [5.74, 6) is 0.436. The highest BCUT2D eigenvalue weighted by Crippen LogP contribution is 2.29. The van der Waals surface area contributed by atoms with E-state index in [9.17, 15) is 9.59 Å². The van der Waals surface area contributed by atoms with Crippen molar-refractivity contribution >= 4 is 16.8 Å². The van der Waals surface area contributed by atoms with Gasteiger partial charge in [-0.3, -0.25) is 14.2 Å². The molecule has 0 saturated heterocycles. The second kappa shape index (κ2) is 10.0. The van der Waals surface area contributed by atoms with E-state index in [0.29, 0.717) is 29.7 Å². The summed E-state index contributed by atoms with van der Waals surface area (Å²) in [6.07, 6.45) is 0.627. The smallest absolute Gasteiger partial charge is 0.266 e. The topological polar surface area (TPSA) is 55.2 Å². The van der Waals surface area contributed by atoms with Crippen molar-refractivity contribution in [3.63, 3.8) is 0 Å². The van der Waals surface area contributed by atoms with E-state index in [2.05, 4.69) is 0 Å². The Morgan fingerprint density at radius 1 is 0.941 bits per heavy atom. The third-order valence-electron chi connectivity index (χ3n) is 6.13. The Kier molecular flexibility index (Phi) is 6.92. The van der Waals surface area contributed by atoms with Crippen LogP contribution in [0.15, 0.2) is 83.7 Å². The lowest BCUT2D eigenvalue weighted by atomic mass is 10.0. The molecular weight excluding hydrogens is 422 g/mol. The van der Waals surface area contributed by atoms with Crippen LogP contribution in [0.1, 0.15) is 50.2 Å². The fraction of sp³-hybridized carbons (Fsp3) is 0.276. The molecule has 0 aliphatic rings. The van der Waals surface area contributed by atoms with Crippen LogP contribution in [0.2, 0.25) is 0 Å². The first-order valence-electron chi connectivity index (χ1n) is 11.8. The van der Waals surface area contributed by atoms with Crippen molar-refractivity contribution in [3.05, 3.63) is 106 Å². The van der Waals surface area contributed by atoms with Gasteiger partial charge < -0.3 is 4.90 Å². The Morgan fingerprint density at radius 2 is 1.59 bits per heavy atom. The van der Waals surface area contributed by atoms with Gasteiger partial charge in [-0.2, -0.15) is 0 Å². The molecule has 174 valence electrons. The maximum Gasteiger partial charge on any atom is 0.266 e. The zero-order valence-electron chi connectivity index (χ0n) is 20.2. The standard InChI is InChI=1S/C29H31N3O2/c1-5-26(31(28(33)20(2)3)19-22-11-7-6-8-12-22)27-30-25-14-10-9-13-24(25)29(34)32(27)23-17-15-21(4)16-18-23/h6-18,20,26H,5,19H2,1-4H3. The minimum absolute atomic E-state index is 0.0357. The average Bonchev–Trinajstić information content (AvgIpc) is 2.85. The van der Waals surface area contributed by atoms with E-state index < -0.39 is 0 Å². The largest absolute Gasteiger partial charge is 0.328 e. The summed E-state index contributed by atoms with van der Waals surface area (Å²) in [4.78, 5) is 34.1. The number of carbonyl (C=O) groups is 1. The molecule has 1 atom stereocenters. The number of para-hydroxylation sites is 1. The molecule has 0 N–H and O–H groups in total. The average molecular weight is 454 g/mol. The highest BCUT2D eigenvalue weighted by Gasteiger charge is 2.30. The molecule has 3 aromatic carbocycles. The number of aromatic nitrogens is 2. The minimum Gasteiger partial charge on any atom is -0.328 e. The number of benzene rings is 3. The fourth-order valence-corrected chi connectivity index (χ4v) is 4.31. The van der Waals surface area contributed by atoms with Gasteiger partial charge >= 0.3 is 0 Å². The van der Waals surface area contributed by atoms with Gasteiger partial charge in [-0.15, -0.1) is 0 Å². The van der Waals surface area contributed by atoms with E-state index >= 15 is 0 Å². The predicted molar refractivity (Wildman–Crippen MR) is 137 cm³/mol. The van der Waals surface area contributed by atoms with Crippen LogP contribution in [0.3, 0.4) is 0 Å². The number of amides is 1. The van der Waals surface area contributed by atoms with Crippen LogP contribution in [0, 0.1) is 12.8 Å². The molecular formula is C29H31N3O2. The Hall–Kier alpha value is -3.73. The molecule has 4 aromatic rings. The van der Waals surface area contributed by atoms with Gasteiger partial charge in [-0.05, 0) is 43.2 Å². The van der Waals surface area contributed by atoms with Gasteiger partial charge in [0, 0.05) is 12.5 Å². The zero-order chi connectivity index (χ0) is 24.2. The molecule has 4 rings (SSSR count). The van der Waals surface area contributed by atoms with E-state index in [-0.39, 0.29) is 23.4 Å². The van der Waals surface area contributed by atoms with Crippen molar-refractivity contribution in [1.29, 1.82) is 0 Å². The highest BCUT2D eigenvalue weighted by molar-refractivity contribution is 5.80. The first-order chi connectivity index (χ1) is 16.4. The van der Waals surface area contributed by atoms with Gasteiger partial charge in [-0.1, -0.05) is 80.9 Å². The zero-order valence-corrected chi connectivity index (χ0v) is 20.2. The van der Waals surface area contributed by atoms with Gasteiger partial charge in [0.25, 0.3) is 5.56 Å². The number of hydrogen-bond donors (Lipinski definition) is 0. The Morgan fingerprint density at radius 3 is 2.24 bits per heavy atom. The Bertz CT molecular complexity index is 1340. The van der Waals surface area contributed by atoms with Crippen LogP contribution in [0.25, 0.3) is 16.6 Å². The van der Waals surface area contributed by atoms with Crippen molar-refractivity contribution < 1.29 is 4.79 Å². The molecule has 0 fully saturated rings. The van der Waals surface area contributed by atoms with Gasteiger partial charge in [-0.25, -0.2) is 4.98 Å². The van der Waals surface area contributed by atoms with Crippen LogP contribution in [-0.2, 0) is 11.3 Å². The quantitative estimate of drug-likeness (QED) is 0.354. The first kappa shape index (κ1) is 23.4. The van der Waals surface area contributed by atoms with E-state index in [1.807, 2.05) is 105 Å². The number of hydrogen-bond acceptors (Lipinski definition) is 3. The molecule has 1 unspecified atom stereocenters. The molecule has 0 saturated carbocycles. The number of rotatable bonds is 7. The van der Waals surface area contributed by atoms with Crippen LogP contribution in [0.5, 0.6) is 0 Å². The maximum atomic E-state index is 13.8. The van der Waals surface area contributed by atoms with Gasteiger partial charge in [0.05, 0.1) is 22.6 Å². The van der Waals surface area contributed by atoms with E-state index in [1.165, 1.54) is 0 Å². The minimum atomic E-state index is -0.367. The number of aryl methyl sites for hydroxylation is 1. The Labute approximate surface area is 200 Å². The van der Waals surface area contributed by atoms with Gasteiger partial charge in [0.2, 0.25) is 5.91 Å². The molecule has 0 aliphatic carbocycles. The summed E-state index contributed by atoms with van der Waals surface area (Å²) in [5.41, 5.74) is 3.42. The maximum absolute atomic E-state index is 13.8. The van der Waals surface area contributed by atoms with Crippen molar-refractivity contribution in [1.82, 2.24) is 14.5 Å². The van der Waals surface area contributed by atoms with Crippen LogP contribution in [-0.4, -0.2) is 20.4 Å². The fourth-order valence-electron chi connectivity index (χ4n) is 4.31. The third kappa shape index (κ3) is 4.65. The lowest BCUT2D eigenvalue weighted by Gasteiger charge is -2.33. The van der Waals surface area contributed by atoms with Crippen molar-refractivity contribution in [2.45, 2.75) is 46.7 Å². The van der Waals surface area contributed by atoms with Gasteiger partial charge in [0.15, 0.2) is 0 Å². The summed E-state index contributed by atoms with van der Waals surface area (Å²) in [6, 6.07) is 24.9. The third-order valence-corrected chi connectivity index (χ3v) is 6.13. The molecule has 0 bridgehead atoms.